The molecular weight excluding hydrogens is 296 g/mol. The number of rotatable bonds is 5. The normalized spacial score (nSPS) is 18.7. The summed E-state index contributed by atoms with van der Waals surface area (Å²) in [5, 5.41) is 2.79. The Bertz CT molecular complexity index is 542. The highest BCUT2D eigenvalue weighted by Gasteiger charge is 2.25. The molecule has 23 heavy (non-hydrogen) atoms. The highest BCUT2D eigenvalue weighted by atomic mass is 16.6. The largest absolute Gasteiger partial charge is 0.444 e. The molecule has 2 rings (SSSR count). The second-order valence-corrected chi connectivity index (χ2v) is 6.79. The van der Waals surface area contributed by atoms with Gasteiger partial charge in [-0.1, -0.05) is 0 Å². The van der Waals surface area contributed by atoms with Crippen LogP contribution in [0.4, 0.5) is 4.79 Å². The van der Waals surface area contributed by atoms with Crippen molar-refractivity contribution in [3.63, 3.8) is 0 Å². The number of Topliss-reactive ketones (excluding diaryl/α,β-unsaturated/α-hetero) is 1. The Morgan fingerprint density at radius 3 is 2.83 bits per heavy atom. The van der Waals surface area contributed by atoms with E-state index in [0.717, 1.165) is 19.5 Å². The van der Waals surface area contributed by atoms with Crippen molar-refractivity contribution in [3.05, 3.63) is 24.3 Å². The van der Waals surface area contributed by atoms with Crippen molar-refractivity contribution in [1.29, 1.82) is 0 Å². The van der Waals surface area contributed by atoms with Crippen LogP contribution in [0.15, 0.2) is 18.6 Å². The van der Waals surface area contributed by atoms with E-state index in [-0.39, 0.29) is 5.78 Å². The summed E-state index contributed by atoms with van der Waals surface area (Å²) in [5.41, 5.74) is -0.0996. The van der Waals surface area contributed by atoms with Crippen molar-refractivity contribution in [1.82, 2.24) is 20.2 Å². The number of amides is 1. The van der Waals surface area contributed by atoms with Crippen LogP contribution in [0.2, 0.25) is 0 Å². The van der Waals surface area contributed by atoms with Crippen molar-refractivity contribution < 1.29 is 14.3 Å². The van der Waals surface area contributed by atoms with E-state index in [9.17, 15) is 9.59 Å². The van der Waals surface area contributed by atoms with Gasteiger partial charge < -0.3 is 10.1 Å². The Kier molecular flexibility index (Phi) is 5.65. The third-order valence-electron chi connectivity index (χ3n) is 3.52. The zero-order chi connectivity index (χ0) is 16.9. The number of ether oxygens (including phenoxy) is 1. The summed E-state index contributed by atoms with van der Waals surface area (Å²) < 4.78 is 5.21. The summed E-state index contributed by atoms with van der Waals surface area (Å²) in [6.07, 6.45) is 5.10. The zero-order valence-electron chi connectivity index (χ0n) is 13.9. The number of aromatic nitrogens is 2. The molecule has 7 heteroatoms. The predicted octanol–water partition coefficient (Wildman–Crippen LogP) is 1.51. The van der Waals surface area contributed by atoms with Gasteiger partial charge in [0.15, 0.2) is 5.78 Å². The van der Waals surface area contributed by atoms with Gasteiger partial charge in [-0.15, -0.1) is 0 Å². The second kappa shape index (κ2) is 7.50. The van der Waals surface area contributed by atoms with Gasteiger partial charge in [0.25, 0.3) is 0 Å². The van der Waals surface area contributed by atoms with Gasteiger partial charge in [0, 0.05) is 25.5 Å². The average Bonchev–Trinajstić information content (AvgIpc) is 2.92. The number of carbonyl (C=O) groups excluding carboxylic acids is 2. The van der Waals surface area contributed by atoms with Gasteiger partial charge in [-0.3, -0.25) is 14.7 Å². The lowest BCUT2D eigenvalue weighted by Gasteiger charge is -2.20. The number of hydrogen-bond acceptors (Lipinski definition) is 6. The first-order chi connectivity index (χ1) is 10.8. The minimum atomic E-state index is -0.491. The van der Waals surface area contributed by atoms with E-state index in [1.54, 1.807) is 6.20 Å². The molecule has 1 saturated heterocycles. The first-order valence-electron chi connectivity index (χ1n) is 7.82. The Morgan fingerprint density at radius 2 is 2.17 bits per heavy atom. The van der Waals surface area contributed by atoms with Crippen molar-refractivity contribution in [3.8, 4) is 0 Å². The molecule has 0 bridgehead atoms. The number of ketones is 1. The lowest BCUT2D eigenvalue weighted by molar-refractivity contribution is 0.0519. The lowest BCUT2D eigenvalue weighted by atomic mass is 10.1. The standard InChI is InChI=1S/C16H24N4O3/c1-16(2,3)23-15(22)19-8-12-4-7-20(10-12)11-14(21)13-9-17-5-6-18-13/h5-6,9,12H,4,7-8,10-11H2,1-3H3,(H,19,22)/t12-/m1/s1. The van der Waals surface area contributed by atoms with E-state index in [1.807, 2.05) is 20.8 Å². The molecule has 2 heterocycles. The molecule has 0 aliphatic carbocycles. The number of carbonyl (C=O) groups is 2. The molecule has 1 aliphatic rings. The first-order valence-corrected chi connectivity index (χ1v) is 7.82. The molecule has 1 atom stereocenters. The van der Waals surface area contributed by atoms with Crippen LogP contribution < -0.4 is 5.32 Å². The van der Waals surface area contributed by atoms with Crippen LogP contribution in [-0.2, 0) is 4.74 Å². The van der Waals surface area contributed by atoms with Crippen LogP contribution in [0.5, 0.6) is 0 Å². The zero-order valence-corrected chi connectivity index (χ0v) is 13.9. The summed E-state index contributed by atoms with van der Waals surface area (Å²) in [6, 6.07) is 0. The van der Waals surface area contributed by atoms with E-state index < -0.39 is 11.7 Å². The fourth-order valence-electron chi connectivity index (χ4n) is 2.49. The van der Waals surface area contributed by atoms with Crippen LogP contribution in [0, 0.1) is 5.92 Å². The van der Waals surface area contributed by atoms with Crippen molar-refractivity contribution in [2.45, 2.75) is 32.8 Å². The van der Waals surface area contributed by atoms with Gasteiger partial charge in [-0.25, -0.2) is 9.78 Å². The highest BCUT2D eigenvalue weighted by molar-refractivity contribution is 5.95. The number of hydrogen-bond donors (Lipinski definition) is 1. The third-order valence-corrected chi connectivity index (χ3v) is 3.52. The molecule has 0 spiro atoms. The van der Waals surface area contributed by atoms with E-state index in [1.165, 1.54) is 12.4 Å². The van der Waals surface area contributed by atoms with Crippen molar-refractivity contribution >= 4 is 11.9 Å². The molecule has 7 nitrogen and oxygen atoms in total. The van der Waals surface area contributed by atoms with Gasteiger partial charge in [-0.05, 0) is 39.7 Å². The van der Waals surface area contributed by atoms with Crippen LogP contribution in [0.3, 0.4) is 0 Å². The van der Waals surface area contributed by atoms with E-state index in [2.05, 4.69) is 20.2 Å². The molecule has 1 aromatic heterocycles. The molecule has 1 amide bonds. The molecule has 0 aromatic carbocycles. The molecule has 0 saturated carbocycles. The molecule has 1 N–H and O–H groups in total. The van der Waals surface area contributed by atoms with Gasteiger partial charge in [0.2, 0.25) is 0 Å². The van der Waals surface area contributed by atoms with E-state index in [0.29, 0.717) is 24.7 Å². The summed E-state index contributed by atoms with van der Waals surface area (Å²) in [5.74, 6) is 0.302. The fourth-order valence-corrected chi connectivity index (χ4v) is 2.49. The van der Waals surface area contributed by atoms with Gasteiger partial charge >= 0.3 is 6.09 Å². The van der Waals surface area contributed by atoms with Crippen LogP contribution in [-0.4, -0.2) is 58.5 Å². The Labute approximate surface area is 136 Å². The molecule has 1 fully saturated rings. The van der Waals surface area contributed by atoms with E-state index >= 15 is 0 Å². The minimum absolute atomic E-state index is 0.0288. The number of alkyl carbamates (subject to hydrolysis) is 1. The summed E-state index contributed by atoms with van der Waals surface area (Å²) in [6.45, 7) is 8.02. The maximum Gasteiger partial charge on any atom is 0.407 e. The summed E-state index contributed by atoms with van der Waals surface area (Å²) in [4.78, 5) is 33.8. The molecule has 126 valence electrons. The summed E-state index contributed by atoms with van der Waals surface area (Å²) >= 11 is 0. The van der Waals surface area contributed by atoms with Crippen LogP contribution >= 0.6 is 0 Å². The summed E-state index contributed by atoms with van der Waals surface area (Å²) in [7, 11) is 0. The van der Waals surface area contributed by atoms with E-state index in [4.69, 9.17) is 4.74 Å². The third kappa shape index (κ3) is 5.94. The second-order valence-electron chi connectivity index (χ2n) is 6.79. The highest BCUT2D eigenvalue weighted by Crippen LogP contribution is 2.16. The monoisotopic (exact) mass is 320 g/mol. The molecular formula is C16H24N4O3. The van der Waals surface area contributed by atoms with Crippen LogP contribution in [0.25, 0.3) is 0 Å². The Balaban J connectivity index is 1.72. The molecule has 1 aliphatic heterocycles. The van der Waals surface area contributed by atoms with Crippen molar-refractivity contribution in [2.75, 3.05) is 26.2 Å². The van der Waals surface area contributed by atoms with Gasteiger partial charge in [-0.2, -0.15) is 0 Å². The average molecular weight is 320 g/mol. The topological polar surface area (TPSA) is 84.4 Å². The number of nitrogens with zero attached hydrogens (tertiary/aromatic N) is 3. The first kappa shape index (κ1) is 17.3. The Morgan fingerprint density at radius 1 is 1.39 bits per heavy atom. The smallest absolute Gasteiger partial charge is 0.407 e. The maximum atomic E-state index is 12.1. The predicted molar refractivity (Wildman–Crippen MR) is 85.1 cm³/mol. The minimum Gasteiger partial charge on any atom is -0.444 e. The van der Waals surface area contributed by atoms with Crippen LogP contribution in [0.1, 0.15) is 37.7 Å². The fraction of sp³-hybridized carbons (Fsp3) is 0.625. The quantitative estimate of drug-likeness (QED) is 0.828. The number of nitrogens with one attached hydrogen (secondary N) is 1. The van der Waals surface area contributed by atoms with Gasteiger partial charge in [0.1, 0.15) is 11.3 Å². The molecule has 0 unspecified atom stereocenters. The molecule has 0 radical (unpaired) electrons. The maximum absolute atomic E-state index is 12.1. The SMILES string of the molecule is CC(C)(C)OC(=O)NC[C@H]1CCN(CC(=O)c2cnccn2)C1. The lowest BCUT2D eigenvalue weighted by Crippen LogP contribution is -2.36. The number of likely N-dealkylation sites (tertiary alicyclic amines) is 1. The molecule has 1 aromatic rings. The van der Waals surface area contributed by atoms with Gasteiger partial charge in [0.05, 0.1) is 12.7 Å². The van der Waals surface area contributed by atoms with Crippen molar-refractivity contribution in [2.24, 2.45) is 5.92 Å². The Hall–Kier alpha value is -2.02.